The van der Waals surface area contributed by atoms with E-state index in [4.69, 9.17) is 0 Å². The molecule has 0 aliphatic rings. The van der Waals surface area contributed by atoms with E-state index in [-0.39, 0.29) is 0 Å². The summed E-state index contributed by atoms with van der Waals surface area (Å²) in [5.41, 5.74) is 15.7. The first-order valence-electron chi connectivity index (χ1n) is 26.0. The third kappa shape index (κ3) is 10.4. The number of nitrogens with zero attached hydrogens (tertiary/aromatic N) is 2. The standard InChI is InChI=1S/C74H54N2/c1-5-17-55(18-6-1)29-33-59-37-45-65(46-38-59)75(66-47-39-60(40-48-66)34-30-56-19-7-2-8-20-56)73-69-27-15-13-25-63(69)54-72-71(73)53-64-26-14-16-28-70(64)74(72)76(67-49-41-61(42-50-67)35-31-57-21-9-3-10-22-57)68-51-43-62(44-52-68)36-32-58-23-11-4-12-24-58/h1-54H/b33-29+,34-30+,35-31+,36-32+. The number of rotatable bonds is 14. The van der Waals surface area contributed by atoms with Gasteiger partial charge in [0, 0.05) is 44.3 Å². The van der Waals surface area contributed by atoms with E-state index in [1.807, 2.05) is 0 Å². The van der Waals surface area contributed by atoms with Crippen LogP contribution in [0.1, 0.15) is 44.5 Å². The Balaban J connectivity index is 1.06. The minimum absolute atomic E-state index is 1.06. The van der Waals surface area contributed by atoms with Crippen molar-refractivity contribution in [1.82, 2.24) is 0 Å². The highest BCUT2D eigenvalue weighted by Gasteiger charge is 2.25. The van der Waals surface area contributed by atoms with Gasteiger partial charge in [0.1, 0.15) is 0 Å². The zero-order valence-electron chi connectivity index (χ0n) is 42.1. The molecule has 12 aromatic carbocycles. The molecule has 0 aromatic heterocycles. The minimum Gasteiger partial charge on any atom is -0.309 e. The highest BCUT2D eigenvalue weighted by Crippen LogP contribution is 2.50. The predicted octanol–water partition coefficient (Wildman–Crippen LogP) is 20.8. The van der Waals surface area contributed by atoms with Crippen molar-refractivity contribution in [3.8, 4) is 0 Å². The van der Waals surface area contributed by atoms with Gasteiger partial charge in [0.05, 0.1) is 11.4 Å². The summed E-state index contributed by atoms with van der Waals surface area (Å²) in [6.07, 6.45) is 17.5. The van der Waals surface area contributed by atoms with E-state index in [0.717, 1.165) is 88.7 Å². The topological polar surface area (TPSA) is 6.48 Å². The van der Waals surface area contributed by atoms with E-state index in [9.17, 15) is 0 Å². The Bertz CT molecular complexity index is 3570. The molecule has 76 heavy (non-hydrogen) atoms. The molecule has 0 N–H and O–H groups in total. The van der Waals surface area contributed by atoms with Crippen molar-refractivity contribution in [2.24, 2.45) is 0 Å². The summed E-state index contributed by atoms with van der Waals surface area (Å²) in [7, 11) is 0. The SMILES string of the molecule is C(=C\c1ccc(N(c2ccc(/C=C/c3ccccc3)cc2)c2c3ccccc3cc3c(N(c4ccc(/C=C/c5ccccc5)cc4)c4ccc(/C=C/c5ccccc5)cc4)c4ccccc4cc23)cc1)/c1ccccc1. The van der Waals surface area contributed by atoms with E-state index in [2.05, 4.69) is 337 Å². The van der Waals surface area contributed by atoms with Gasteiger partial charge in [-0.3, -0.25) is 0 Å². The smallest absolute Gasteiger partial charge is 0.0619 e. The summed E-state index contributed by atoms with van der Waals surface area (Å²) >= 11 is 0. The third-order valence-corrected chi connectivity index (χ3v) is 14.0. The maximum atomic E-state index is 2.46. The molecule has 0 saturated carbocycles. The molecule has 0 radical (unpaired) electrons. The van der Waals surface area contributed by atoms with Crippen LogP contribution in [0.25, 0.3) is 80.9 Å². The molecule has 12 aromatic rings. The molecule has 0 saturated heterocycles. The van der Waals surface area contributed by atoms with Crippen LogP contribution in [-0.4, -0.2) is 0 Å². The van der Waals surface area contributed by atoms with Crippen molar-refractivity contribution < 1.29 is 0 Å². The van der Waals surface area contributed by atoms with E-state index in [1.54, 1.807) is 0 Å². The van der Waals surface area contributed by atoms with E-state index in [0.29, 0.717) is 0 Å². The van der Waals surface area contributed by atoms with Gasteiger partial charge in [-0.15, -0.1) is 0 Å². The number of benzene rings is 12. The van der Waals surface area contributed by atoms with Gasteiger partial charge >= 0.3 is 0 Å². The van der Waals surface area contributed by atoms with Crippen LogP contribution in [0, 0.1) is 0 Å². The lowest BCUT2D eigenvalue weighted by Crippen LogP contribution is -2.13. The van der Waals surface area contributed by atoms with Crippen LogP contribution in [0.4, 0.5) is 34.1 Å². The van der Waals surface area contributed by atoms with Crippen molar-refractivity contribution in [3.63, 3.8) is 0 Å². The highest BCUT2D eigenvalue weighted by atomic mass is 15.2. The zero-order valence-corrected chi connectivity index (χ0v) is 42.1. The lowest BCUT2D eigenvalue weighted by atomic mass is 9.93. The Morgan fingerprint density at radius 2 is 0.395 bits per heavy atom. The van der Waals surface area contributed by atoms with Gasteiger partial charge in [-0.1, -0.05) is 267 Å². The summed E-state index contributed by atoms with van der Waals surface area (Å²) in [5.74, 6) is 0. The fourth-order valence-electron chi connectivity index (χ4n) is 10.1. The lowest BCUT2D eigenvalue weighted by molar-refractivity contribution is 1.30. The molecule has 0 fully saturated rings. The Kier molecular flexibility index (Phi) is 13.6. The molecule has 0 unspecified atom stereocenters. The monoisotopic (exact) mass is 970 g/mol. The summed E-state index contributed by atoms with van der Waals surface area (Å²) in [4.78, 5) is 4.93. The van der Waals surface area contributed by atoms with Gasteiger partial charge in [0.2, 0.25) is 0 Å². The van der Waals surface area contributed by atoms with Crippen LogP contribution in [0.3, 0.4) is 0 Å². The zero-order chi connectivity index (χ0) is 50.9. The number of fused-ring (bicyclic) bond motifs is 3. The molecule has 0 heterocycles. The van der Waals surface area contributed by atoms with Crippen molar-refractivity contribution in [1.29, 1.82) is 0 Å². The quantitative estimate of drug-likeness (QED) is 0.0791. The highest BCUT2D eigenvalue weighted by molar-refractivity contribution is 6.23. The number of hydrogen-bond donors (Lipinski definition) is 0. The number of anilines is 6. The van der Waals surface area contributed by atoms with Crippen LogP contribution in [0.15, 0.2) is 279 Å². The maximum absolute atomic E-state index is 2.46. The molecule has 0 aliphatic heterocycles. The normalized spacial score (nSPS) is 11.7. The average Bonchev–Trinajstić information content (AvgIpc) is 3.54. The van der Waals surface area contributed by atoms with Crippen LogP contribution < -0.4 is 9.80 Å². The van der Waals surface area contributed by atoms with Gasteiger partial charge in [-0.2, -0.15) is 0 Å². The van der Waals surface area contributed by atoms with Gasteiger partial charge < -0.3 is 9.80 Å². The predicted molar refractivity (Wildman–Crippen MR) is 330 cm³/mol. The molecular weight excluding hydrogens is 917 g/mol. The fraction of sp³-hybridized carbons (Fsp3) is 0. The van der Waals surface area contributed by atoms with E-state index in [1.165, 1.54) is 22.3 Å². The van der Waals surface area contributed by atoms with Crippen LogP contribution >= 0.6 is 0 Å². The van der Waals surface area contributed by atoms with Gasteiger partial charge in [-0.05, 0) is 116 Å². The Morgan fingerprint density at radius 1 is 0.184 bits per heavy atom. The van der Waals surface area contributed by atoms with Crippen molar-refractivity contribution in [3.05, 3.63) is 324 Å². The maximum Gasteiger partial charge on any atom is 0.0619 e. The first-order valence-corrected chi connectivity index (χ1v) is 26.0. The molecule has 12 rings (SSSR count). The second-order valence-electron chi connectivity index (χ2n) is 19.0. The molecule has 2 nitrogen and oxygen atoms in total. The molecular formula is C74H54N2. The minimum atomic E-state index is 1.06. The van der Waals surface area contributed by atoms with Crippen LogP contribution in [0.5, 0.6) is 0 Å². The molecule has 0 spiro atoms. The third-order valence-electron chi connectivity index (χ3n) is 14.0. The summed E-state index contributed by atoms with van der Waals surface area (Å²) in [6.45, 7) is 0. The van der Waals surface area contributed by atoms with E-state index >= 15 is 0 Å². The molecule has 0 amide bonds. The Labute approximate surface area is 446 Å². The van der Waals surface area contributed by atoms with Gasteiger partial charge in [-0.25, -0.2) is 0 Å². The fourth-order valence-corrected chi connectivity index (χ4v) is 10.1. The lowest BCUT2D eigenvalue weighted by Gasteiger charge is -2.32. The van der Waals surface area contributed by atoms with Gasteiger partial charge in [0.25, 0.3) is 0 Å². The number of hydrogen-bond acceptors (Lipinski definition) is 2. The first kappa shape index (κ1) is 47.0. The second kappa shape index (κ2) is 22.0. The first-order chi connectivity index (χ1) is 37.7. The molecule has 0 bridgehead atoms. The Morgan fingerprint density at radius 3 is 0.645 bits per heavy atom. The molecule has 0 atom stereocenters. The van der Waals surface area contributed by atoms with Crippen molar-refractivity contribution in [2.45, 2.75) is 0 Å². The molecule has 0 aliphatic carbocycles. The second-order valence-corrected chi connectivity index (χ2v) is 19.0. The van der Waals surface area contributed by atoms with Crippen molar-refractivity contribution >= 4 is 115 Å². The van der Waals surface area contributed by atoms with E-state index < -0.39 is 0 Å². The Hall–Kier alpha value is -10.0. The largest absolute Gasteiger partial charge is 0.309 e. The van der Waals surface area contributed by atoms with Gasteiger partial charge in [0.15, 0.2) is 0 Å². The van der Waals surface area contributed by atoms with Crippen molar-refractivity contribution in [2.75, 3.05) is 9.80 Å². The molecule has 2 heteroatoms. The summed E-state index contributed by atoms with van der Waals surface area (Å²) in [5, 5.41) is 6.91. The van der Waals surface area contributed by atoms with Crippen LogP contribution in [-0.2, 0) is 0 Å². The summed E-state index contributed by atoms with van der Waals surface area (Å²) in [6, 6.07) is 100. The molecule has 360 valence electrons. The summed E-state index contributed by atoms with van der Waals surface area (Å²) < 4.78 is 0. The van der Waals surface area contributed by atoms with Crippen LogP contribution in [0.2, 0.25) is 0 Å². The average molecular weight is 971 g/mol.